The summed E-state index contributed by atoms with van der Waals surface area (Å²) in [4.78, 5) is 22.8. The Balaban J connectivity index is 2.29. The lowest BCUT2D eigenvalue weighted by molar-refractivity contribution is -0.120. The van der Waals surface area contributed by atoms with Crippen LogP contribution in [0.5, 0.6) is 5.75 Å². The third kappa shape index (κ3) is 5.39. The molecule has 2 amide bonds. The summed E-state index contributed by atoms with van der Waals surface area (Å²) in [5, 5.41) is 5.36. The Labute approximate surface area is 112 Å². The van der Waals surface area contributed by atoms with Gasteiger partial charge in [-0.05, 0) is 24.3 Å². The molecule has 104 valence electrons. The molecule has 6 heteroatoms. The number of carbonyl (C=O) groups is 2. The quantitative estimate of drug-likeness (QED) is 0.600. The Kier molecular flexibility index (Phi) is 6.38. The number of carbonyl (C=O) groups excluding carboxylic acids is 2. The summed E-state index contributed by atoms with van der Waals surface area (Å²) in [6, 6.07) is 6.80. The summed E-state index contributed by atoms with van der Waals surface area (Å²) < 4.78 is 5.01. The highest BCUT2D eigenvalue weighted by Gasteiger charge is 2.05. The van der Waals surface area contributed by atoms with Crippen molar-refractivity contribution in [1.82, 2.24) is 10.6 Å². The van der Waals surface area contributed by atoms with E-state index in [-0.39, 0.29) is 11.8 Å². The average Bonchev–Trinajstić information content (AvgIpc) is 2.44. The second-order valence-electron chi connectivity index (χ2n) is 3.87. The van der Waals surface area contributed by atoms with Crippen molar-refractivity contribution in [1.29, 1.82) is 0 Å². The Hall–Kier alpha value is -2.08. The minimum absolute atomic E-state index is 0.110. The summed E-state index contributed by atoms with van der Waals surface area (Å²) in [6.07, 6.45) is 0.298. The molecule has 0 atom stereocenters. The molecule has 0 saturated heterocycles. The summed E-state index contributed by atoms with van der Waals surface area (Å²) in [6.45, 7) is 1.09. The molecule has 1 rings (SSSR count). The fraction of sp³-hybridized carbons (Fsp3) is 0.385. The van der Waals surface area contributed by atoms with E-state index in [1.54, 1.807) is 31.4 Å². The number of hydrogen-bond donors (Lipinski definition) is 3. The third-order valence-electron chi connectivity index (χ3n) is 2.46. The van der Waals surface area contributed by atoms with Gasteiger partial charge < -0.3 is 21.1 Å². The molecule has 0 bridgehead atoms. The highest BCUT2D eigenvalue weighted by atomic mass is 16.5. The van der Waals surface area contributed by atoms with E-state index in [1.165, 1.54) is 0 Å². The number of ether oxygens (including phenoxy) is 1. The van der Waals surface area contributed by atoms with Gasteiger partial charge in [-0.15, -0.1) is 0 Å². The van der Waals surface area contributed by atoms with Crippen LogP contribution in [0.25, 0.3) is 0 Å². The van der Waals surface area contributed by atoms with Gasteiger partial charge in [0.25, 0.3) is 5.91 Å². The molecule has 0 heterocycles. The Morgan fingerprint density at radius 2 is 1.79 bits per heavy atom. The first-order chi connectivity index (χ1) is 9.17. The van der Waals surface area contributed by atoms with Crippen molar-refractivity contribution in [2.75, 3.05) is 26.7 Å². The van der Waals surface area contributed by atoms with Crippen molar-refractivity contribution in [3.63, 3.8) is 0 Å². The van der Waals surface area contributed by atoms with Gasteiger partial charge >= 0.3 is 0 Å². The van der Waals surface area contributed by atoms with Gasteiger partial charge in [-0.1, -0.05) is 0 Å². The van der Waals surface area contributed by atoms with Crippen LogP contribution in [-0.2, 0) is 4.79 Å². The van der Waals surface area contributed by atoms with Gasteiger partial charge in [0, 0.05) is 31.6 Å². The molecule has 0 aromatic heterocycles. The number of methoxy groups -OCH3 is 1. The molecule has 0 aliphatic heterocycles. The zero-order valence-electron chi connectivity index (χ0n) is 10.9. The average molecular weight is 265 g/mol. The van der Waals surface area contributed by atoms with Crippen molar-refractivity contribution < 1.29 is 14.3 Å². The number of nitrogens with two attached hydrogens (primary N) is 1. The Bertz CT molecular complexity index is 418. The van der Waals surface area contributed by atoms with Crippen molar-refractivity contribution in [3.05, 3.63) is 29.8 Å². The van der Waals surface area contributed by atoms with E-state index in [2.05, 4.69) is 10.6 Å². The molecule has 6 nitrogen and oxygen atoms in total. The fourth-order valence-electron chi connectivity index (χ4n) is 1.44. The molecule has 19 heavy (non-hydrogen) atoms. The minimum Gasteiger partial charge on any atom is -0.497 e. The van der Waals surface area contributed by atoms with Gasteiger partial charge in [-0.3, -0.25) is 9.59 Å². The molecule has 0 radical (unpaired) electrons. The Morgan fingerprint density at radius 3 is 2.37 bits per heavy atom. The van der Waals surface area contributed by atoms with E-state index >= 15 is 0 Å². The van der Waals surface area contributed by atoms with Crippen LogP contribution in [-0.4, -0.2) is 38.6 Å². The van der Waals surface area contributed by atoms with E-state index in [0.717, 1.165) is 0 Å². The molecule has 1 aromatic carbocycles. The molecular weight excluding hydrogens is 246 g/mol. The van der Waals surface area contributed by atoms with Crippen molar-refractivity contribution in [2.24, 2.45) is 5.73 Å². The summed E-state index contributed by atoms with van der Waals surface area (Å²) >= 11 is 0. The van der Waals surface area contributed by atoms with E-state index in [0.29, 0.717) is 37.4 Å². The standard InChI is InChI=1S/C13H19N3O3/c1-19-11-4-2-10(3-5-11)13(18)16-9-8-15-12(17)6-7-14/h2-5H,6-9,14H2,1H3,(H,15,17)(H,16,18). The van der Waals surface area contributed by atoms with Crippen LogP contribution in [0.2, 0.25) is 0 Å². The lowest BCUT2D eigenvalue weighted by Crippen LogP contribution is -2.35. The van der Waals surface area contributed by atoms with E-state index in [9.17, 15) is 9.59 Å². The van der Waals surface area contributed by atoms with E-state index < -0.39 is 0 Å². The Morgan fingerprint density at radius 1 is 1.16 bits per heavy atom. The number of rotatable bonds is 7. The largest absolute Gasteiger partial charge is 0.497 e. The van der Waals surface area contributed by atoms with Gasteiger partial charge in [0.2, 0.25) is 5.91 Å². The number of hydrogen-bond acceptors (Lipinski definition) is 4. The predicted octanol–water partition coefficient (Wildman–Crippen LogP) is -0.110. The van der Waals surface area contributed by atoms with Crippen LogP contribution in [0, 0.1) is 0 Å². The van der Waals surface area contributed by atoms with Crippen LogP contribution < -0.4 is 21.1 Å². The summed E-state index contributed by atoms with van der Waals surface area (Å²) in [7, 11) is 1.57. The van der Waals surface area contributed by atoms with Crippen LogP contribution in [0.3, 0.4) is 0 Å². The summed E-state index contributed by atoms with van der Waals surface area (Å²) in [5.74, 6) is 0.405. The molecular formula is C13H19N3O3. The molecule has 1 aromatic rings. The highest BCUT2D eigenvalue weighted by Crippen LogP contribution is 2.10. The maximum atomic E-state index is 11.7. The molecule has 0 saturated carbocycles. The molecule has 0 aliphatic rings. The van der Waals surface area contributed by atoms with E-state index in [4.69, 9.17) is 10.5 Å². The molecule has 0 spiro atoms. The highest BCUT2D eigenvalue weighted by molar-refractivity contribution is 5.94. The van der Waals surface area contributed by atoms with Gasteiger partial charge in [0.1, 0.15) is 5.75 Å². The normalized spacial score (nSPS) is 9.79. The first kappa shape index (κ1) is 15.0. The van der Waals surface area contributed by atoms with Gasteiger partial charge in [0.05, 0.1) is 7.11 Å². The first-order valence-electron chi connectivity index (χ1n) is 6.06. The SMILES string of the molecule is COc1ccc(C(=O)NCCNC(=O)CCN)cc1. The number of benzene rings is 1. The third-order valence-corrected chi connectivity index (χ3v) is 2.46. The predicted molar refractivity (Wildman–Crippen MR) is 72.0 cm³/mol. The van der Waals surface area contributed by atoms with Crippen molar-refractivity contribution in [3.8, 4) is 5.75 Å². The van der Waals surface area contributed by atoms with Crippen molar-refractivity contribution >= 4 is 11.8 Å². The zero-order chi connectivity index (χ0) is 14.1. The van der Waals surface area contributed by atoms with E-state index in [1.807, 2.05) is 0 Å². The molecule has 0 fully saturated rings. The van der Waals surface area contributed by atoms with Crippen LogP contribution in [0.15, 0.2) is 24.3 Å². The van der Waals surface area contributed by atoms with Gasteiger partial charge in [0.15, 0.2) is 0 Å². The maximum absolute atomic E-state index is 11.7. The van der Waals surface area contributed by atoms with Crippen LogP contribution in [0.4, 0.5) is 0 Å². The minimum atomic E-state index is -0.185. The maximum Gasteiger partial charge on any atom is 0.251 e. The second-order valence-corrected chi connectivity index (χ2v) is 3.87. The summed E-state index contributed by atoms with van der Waals surface area (Å²) in [5.41, 5.74) is 5.79. The smallest absolute Gasteiger partial charge is 0.251 e. The lowest BCUT2D eigenvalue weighted by atomic mass is 10.2. The first-order valence-corrected chi connectivity index (χ1v) is 6.06. The van der Waals surface area contributed by atoms with Crippen LogP contribution >= 0.6 is 0 Å². The molecule has 0 unspecified atom stereocenters. The molecule has 4 N–H and O–H groups in total. The lowest BCUT2D eigenvalue weighted by Gasteiger charge is -2.07. The van der Waals surface area contributed by atoms with Gasteiger partial charge in [-0.2, -0.15) is 0 Å². The topological polar surface area (TPSA) is 93.5 Å². The second kappa shape index (κ2) is 8.10. The van der Waals surface area contributed by atoms with Crippen LogP contribution in [0.1, 0.15) is 16.8 Å². The monoisotopic (exact) mass is 265 g/mol. The zero-order valence-corrected chi connectivity index (χ0v) is 10.9. The molecule has 0 aliphatic carbocycles. The van der Waals surface area contributed by atoms with Gasteiger partial charge in [-0.25, -0.2) is 0 Å². The number of nitrogens with one attached hydrogen (secondary N) is 2. The van der Waals surface area contributed by atoms with Crippen molar-refractivity contribution in [2.45, 2.75) is 6.42 Å². The fourth-order valence-corrected chi connectivity index (χ4v) is 1.44. The number of amides is 2.